The normalized spacial score (nSPS) is 12.6. The molecule has 1 aromatic heterocycles. The van der Waals surface area contributed by atoms with Gasteiger partial charge in [-0.25, -0.2) is 0 Å². The van der Waals surface area contributed by atoms with Crippen molar-refractivity contribution in [3.05, 3.63) is 32.5 Å². The van der Waals surface area contributed by atoms with Gasteiger partial charge in [0.25, 0.3) is 0 Å². The molecule has 1 heterocycles. The summed E-state index contributed by atoms with van der Waals surface area (Å²) in [6, 6.07) is 3.42. The van der Waals surface area contributed by atoms with Gasteiger partial charge < -0.3 is 10.1 Å². The lowest BCUT2D eigenvalue weighted by molar-refractivity contribution is 0.196. The van der Waals surface area contributed by atoms with Crippen LogP contribution in [-0.2, 0) is 4.74 Å². The van der Waals surface area contributed by atoms with E-state index in [1.165, 1.54) is 0 Å². The highest BCUT2D eigenvalue weighted by Crippen LogP contribution is 2.32. The minimum absolute atomic E-state index is 0.0778. The molecule has 1 unspecified atom stereocenters. The summed E-state index contributed by atoms with van der Waals surface area (Å²) in [5.74, 6) is 0.622. The molecule has 1 aromatic carbocycles. The molecule has 9 heteroatoms. The van der Waals surface area contributed by atoms with Crippen LogP contribution in [0, 0.1) is 0 Å². The predicted octanol–water partition coefficient (Wildman–Crippen LogP) is 3.03. The van der Waals surface area contributed by atoms with Crippen molar-refractivity contribution in [3.8, 4) is 5.69 Å². The van der Waals surface area contributed by atoms with Crippen molar-refractivity contribution in [2.75, 3.05) is 20.3 Å². The maximum absolute atomic E-state index is 6.26. The SMILES string of the molecule is COCCNC(C)c1nnnn1-c1c(Cl)cc(Br)cc1Cl. The topological polar surface area (TPSA) is 64.9 Å². The first kappa shape index (κ1) is 16.6. The van der Waals surface area contributed by atoms with Gasteiger partial charge in [-0.15, -0.1) is 5.10 Å². The molecule has 0 saturated carbocycles. The van der Waals surface area contributed by atoms with E-state index in [1.807, 2.05) is 6.92 Å². The van der Waals surface area contributed by atoms with Gasteiger partial charge in [0.15, 0.2) is 5.82 Å². The number of methoxy groups -OCH3 is 1. The Morgan fingerprint density at radius 3 is 2.67 bits per heavy atom. The Bertz CT molecular complexity index is 598. The number of benzene rings is 1. The zero-order chi connectivity index (χ0) is 15.4. The van der Waals surface area contributed by atoms with Crippen molar-refractivity contribution in [1.82, 2.24) is 25.5 Å². The van der Waals surface area contributed by atoms with Crippen LogP contribution in [0.2, 0.25) is 10.0 Å². The molecule has 0 fully saturated rings. The van der Waals surface area contributed by atoms with Crippen molar-refractivity contribution in [2.24, 2.45) is 0 Å². The minimum Gasteiger partial charge on any atom is -0.383 e. The average molecular weight is 395 g/mol. The zero-order valence-electron chi connectivity index (χ0n) is 11.5. The Morgan fingerprint density at radius 2 is 2.05 bits per heavy atom. The second kappa shape index (κ2) is 7.51. The number of halogens is 3. The summed E-state index contributed by atoms with van der Waals surface area (Å²) in [6.45, 7) is 3.25. The van der Waals surface area contributed by atoms with Crippen molar-refractivity contribution in [3.63, 3.8) is 0 Å². The van der Waals surface area contributed by atoms with E-state index in [-0.39, 0.29) is 6.04 Å². The number of hydrogen-bond donors (Lipinski definition) is 1. The van der Waals surface area contributed by atoms with Gasteiger partial charge in [0.05, 0.1) is 22.7 Å². The molecular weight excluding hydrogens is 381 g/mol. The third kappa shape index (κ3) is 3.92. The summed E-state index contributed by atoms with van der Waals surface area (Å²) < 4.78 is 7.34. The van der Waals surface area contributed by atoms with E-state index in [9.17, 15) is 0 Å². The molecule has 21 heavy (non-hydrogen) atoms. The summed E-state index contributed by atoms with van der Waals surface area (Å²) in [5, 5.41) is 15.9. The molecule has 1 atom stereocenters. The van der Waals surface area contributed by atoms with Gasteiger partial charge in [0.1, 0.15) is 5.69 Å². The Hall–Kier alpha value is -0.730. The quantitative estimate of drug-likeness (QED) is 0.762. The molecule has 1 N–H and O–H groups in total. The molecule has 0 amide bonds. The van der Waals surface area contributed by atoms with E-state index in [2.05, 4.69) is 36.8 Å². The van der Waals surface area contributed by atoms with Crippen molar-refractivity contribution < 1.29 is 4.74 Å². The number of aromatic nitrogens is 4. The van der Waals surface area contributed by atoms with E-state index in [4.69, 9.17) is 27.9 Å². The first-order chi connectivity index (χ1) is 10.0. The summed E-state index contributed by atoms with van der Waals surface area (Å²) in [7, 11) is 1.65. The lowest BCUT2D eigenvalue weighted by Crippen LogP contribution is -2.25. The van der Waals surface area contributed by atoms with Gasteiger partial charge in [-0.1, -0.05) is 39.1 Å². The number of hydrogen-bond acceptors (Lipinski definition) is 5. The van der Waals surface area contributed by atoms with Crippen molar-refractivity contribution in [2.45, 2.75) is 13.0 Å². The predicted molar refractivity (Wildman–Crippen MR) is 85.2 cm³/mol. The van der Waals surface area contributed by atoms with E-state index >= 15 is 0 Å². The van der Waals surface area contributed by atoms with Gasteiger partial charge in [-0.2, -0.15) is 4.68 Å². The fourth-order valence-electron chi connectivity index (χ4n) is 1.83. The molecule has 6 nitrogen and oxygen atoms in total. The monoisotopic (exact) mass is 393 g/mol. The van der Waals surface area contributed by atoms with Crippen molar-refractivity contribution >= 4 is 39.1 Å². The van der Waals surface area contributed by atoms with Crippen LogP contribution in [0.5, 0.6) is 0 Å². The van der Waals surface area contributed by atoms with Gasteiger partial charge in [0.2, 0.25) is 0 Å². The molecular formula is C12H14BrCl2N5O. The van der Waals surface area contributed by atoms with E-state index in [0.29, 0.717) is 34.7 Å². The Morgan fingerprint density at radius 1 is 1.38 bits per heavy atom. The van der Waals surface area contributed by atoms with Gasteiger partial charge in [0, 0.05) is 18.1 Å². The van der Waals surface area contributed by atoms with Crippen molar-refractivity contribution in [1.29, 1.82) is 0 Å². The smallest absolute Gasteiger partial charge is 0.173 e. The van der Waals surface area contributed by atoms with Crippen LogP contribution in [0.3, 0.4) is 0 Å². The lowest BCUT2D eigenvalue weighted by Gasteiger charge is -2.15. The maximum atomic E-state index is 6.26. The molecule has 0 aliphatic carbocycles. The lowest BCUT2D eigenvalue weighted by atomic mass is 10.2. The largest absolute Gasteiger partial charge is 0.383 e. The summed E-state index contributed by atoms with van der Waals surface area (Å²) >= 11 is 15.9. The summed E-state index contributed by atoms with van der Waals surface area (Å²) in [6.07, 6.45) is 0. The molecule has 2 rings (SSSR count). The van der Waals surface area contributed by atoms with E-state index in [1.54, 1.807) is 23.9 Å². The van der Waals surface area contributed by atoms with Gasteiger partial charge in [-0.05, 0) is 29.5 Å². The van der Waals surface area contributed by atoms with Gasteiger partial charge >= 0.3 is 0 Å². The molecule has 2 aromatic rings. The van der Waals surface area contributed by atoms with E-state index in [0.717, 1.165) is 4.47 Å². The highest BCUT2D eigenvalue weighted by molar-refractivity contribution is 9.10. The third-order valence-electron chi connectivity index (χ3n) is 2.83. The Labute approximate surface area is 140 Å². The molecule has 0 bridgehead atoms. The second-order valence-electron chi connectivity index (χ2n) is 4.34. The van der Waals surface area contributed by atoms with Crippen LogP contribution in [0.4, 0.5) is 0 Å². The summed E-state index contributed by atoms with van der Waals surface area (Å²) in [4.78, 5) is 0. The first-order valence-corrected chi connectivity index (χ1v) is 7.75. The number of tetrazole rings is 1. The maximum Gasteiger partial charge on any atom is 0.173 e. The number of ether oxygens (including phenoxy) is 1. The van der Waals surface area contributed by atoms with Crippen LogP contribution in [0.15, 0.2) is 16.6 Å². The van der Waals surface area contributed by atoms with Crippen LogP contribution < -0.4 is 5.32 Å². The highest BCUT2D eigenvalue weighted by atomic mass is 79.9. The zero-order valence-corrected chi connectivity index (χ0v) is 14.6. The molecule has 0 saturated heterocycles. The number of nitrogens with zero attached hydrogens (tertiary/aromatic N) is 4. The highest BCUT2D eigenvalue weighted by Gasteiger charge is 2.19. The molecule has 0 spiro atoms. The van der Waals surface area contributed by atoms with Crippen LogP contribution in [-0.4, -0.2) is 40.5 Å². The van der Waals surface area contributed by atoms with E-state index < -0.39 is 0 Å². The van der Waals surface area contributed by atoms with Gasteiger partial charge in [-0.3, -0.25) is 0 Å². The summed E-state index contributed by atoms with van der Waals surface area (Å²) in [5.41, 5.74) is 0.557. The molecule has 0 radical (unpaired) electrons. The van der Waals surface area contributed by atoms with Crippen LogP contribution >= 0.6 is 39.1 Å². The average Bonchev–Trinajstić information content (AvgIpc) is 2.87. The fraction of sp³-hybridized carbons (Fsp3) is 0.417. The van der Waals surface area contributed by atoms with Crippen LogP contribution in [0.25, 0.3) is 5.69 Å². The van der Waals surface area contributed by atoms with Crippen LogP contribution in [0.1, 0.15) is 18.8 Å². The Kier molecular flexibility index (Phi) is 5.95. The molecule has 114 valence electrons. The first-order valence-electron chi connectivity index (χ1n) is 6.20. The molecule has 0 aliphatic heterocycles. The second-order valence-corrected chi connectivity index (χ2v) is 6.07. The third-order valence-corrected chi connectivity index (χ3v) is 3.87. The standard InChI is InChI=1S/C12H14BrCl2N5O/c1-7(16-3-4-21-2)12-17-18-19-20(12)11-9(14)5-8(13)6-10(11)15/h5-7,16H,3-4H2,1-2H3. The Balaban J connectivity index is 2.32. The number of nitrogens with one attached hydrogen (secondary N) is 1. The fourth-order valence-corrected chi connectivity index (χ4v) is 3.20. The number of rotatable bonds is 6. The molecule has 0 aliphatic rings. The minimum atomic E-state index is -0.0778.